The molecule has 1 aliphatic heterocycles. The van der Waals surface area contributed by atoms with Crippen molar-refractivity contribution in [1.29, 1.82) is 0 Å². The van der Waals surface area contributed by atoms with Crippen LogP contribution in [-0.2, 0) is 16.0 Å². The monoisotopic (exact) mass is 316 g/mol. The highest BCUT2D eigenvalue weighted by Gasteiger charge is 2.22. The Hall–Kier alpha value is -2.41. The van der Waals surface area contributed by atoms with Crippen LogP contribution in [0.3, 0.4) is 0 Å². The number of hydrogen-bond acceptors (Lipinski definition) is 5. The Morgan fingerprint density at radius 2 is 2.04 bits per heavy atom. The third kappa shape index (κ3) is 3.87. The minimum Gasteiger partial charge on any atom is -0.369 e. The first kappa shape index (κ1) is 15.5. The van der Waals surface area contributed by atoms with Gasteiger partial charge >= 0.3 is 0 Å². The molecule has 2 amide bonds. The van der Waals surface area contributed by atoms with Crippen LogP contribution in [0.5, 0.6) is 0 Å². The number of nitrogens with two attached hydrogens (primary N) is 1. The number of rotatable bonds is 5. The molecule has 0 bridgehead atoms. The molecule has 0 atom stereocenters. The van der Waals surface area contributed by atoms with Crippen LogP contribution >= 0.6 is 0 Å². The molecule has 0 aliphatic carbocycles. The van der Waals surface area contributed by atoms with Gasteiger partial charge in [-0.15, -0.1) is 0 Å². The minimum absolute atomic E-state index is 0.0580. The Bertz CT molecular complexity index is 704. The van der Waals surface area contributed by atoms with Gasteiger partial charge in [-0.1, -0.05) is 17.3 Å². The van der Waals surface area contributed by atoms with E-state index in [0.717, 1.165) is 31.3 Å². The van der Waals surface area contributed by atoms with Crippen molar-refractivity contribution in [3.63, 3.8) is 0 Å². The summed E-state index contributed by atoms with van der Waals surface area (Å²) in [5.74, 6) is -0.372. The van der Waals surface area contributed by atoms with Crippen molar-refractivity contribution in [2.45, 2.75) is 25.3 Å². The molecule has 23 heavy (non-hydrogen) atoms. The number of aromatic nitrogens is 1. The van der Waals surface area contributed by atoms with Gasteiger partial charge in [0.15, 0.2) is 5.58 Å². The van der Waals surface area contributed by atoms with E-state index in [9.17, 15) is 9.59 Å². The van der Waals surface area contributed by atoms with E-state index in [1.54, 1.807) is 0 Å². The summed E-state index contributed by atoms with van der Waals surface area (Å²) in [7, 11) is 0. The van der Waals surface area contributed by atoms with Gasteiger partial charge in [0, 0.05) is 24.5 Å². The highest BCUT2D eigenvalue weighted by molar-refractivity contribution is 5.86. The van der Waals surface area contributed by atoms with Crippen molar-refractivity contribution in [2.75, 3.05) is 19.6 Å². The van der Waals surface area contributed by atoms with Crippen molar-refractivity contribution >= 4 is 22.8 Å². The van der Waals surface area contributed by atoms with Gasteiger partial charge in [-0.3, -0.25) is 14.5 Å². The van der Waals surface area contributed by atoms with Crippen molar-refractivity contribution in [3.05, 3.63) is 30.0 Å². The molecule has 1 aromatic heterocycles. The fourth-order valence-corrected chi connectivity index (χ4v) is 2.95. The van der Waals surface area contributed by atoms with E-state index >= 15 is 0 Å². The fraction of sp³-hybridized carbons (Fsp3) is 0.438. The molecule has 7 heteroatoms. The van der Waals surface area contributed by atoms with Crippen molar-refractivity contribution in [2.24, 2.45) is 5.73 Å². The first-order chi connectivity index (χ1) is 11.1. The second-order valence-electron chi connectivity index (χ2n) is 5.89. The second kappa shape index (κ2) is 6.78. The third-order valence-electron chi connectivity index (χ3n) is 4.11. The van der Waals surface area contributed by atoms with Gasteiger partial charge in [-0.2, -0.15) is 0 Å². The molecule has 1 saturated heterocycles. The summed E-state index contributed by atoms with van der Waals surface area (Å²) in [6.45, 7) is 1.81. The largest absolute Gasteiger partial charge is 0.369 e. The zero-order chi connectivity index (χ0) is 16.2. The van der Waals surface area contributed by atoms with E-state index in [1.807, 2.05) is 29.2 Å². The molecule has 122 valence electrons. The summed E-state index contributed by atoms with van der Waals surface area (Å²) in [5, 5.41) is 7.88. The van der Waals surface area contributed by atoms with Gasteiger partial charge in [-0.05, 0) is 25.0 Å². The van der Waals surface area contributed by atoms with Crippen molar-refractivity contribution in [1.82, 2.24) is 15.4 Å². The number of likely N-dealkylation sites (tertiary alicyclic amines) is 1. The third-order valence-corrected chi connectivity index (χ3v) is 4.11. The summed E-state index contributed by atoms with van der Waals surface area (Å²) >= 11 is 0. The average Bonchev–Trinajstić information content (AvgIpc) is 2.92. The topological polar surface area (TPSA) is 101 Å². The van der Waals surface area contributed by atoms with Gasteiger partial charge in [0.25, 0.3) is 0 Å². The van der Waals surface area contributed by atoms with E-state index in [4.69, 9.17) is 10.3 Å². The number of carbonyl (C=O) groups is 2. The molecule has 1 fully saturated rings. The Labute approximate surface area is 133 Å². The summed E-state index contributed by atoms with van der Waals surface area (Å²) < 4.78 is 5.21. The van der Waals surface area contributed by atoms with Crippen molar-refractivity contribution in [3.8, 4) is 0 Å². The van der Waals surface area contributed by atoms with Gasteiger partial charge in [0.05, 0.1) is 13.0 Å². The molecule has 2 heterocycles. The predicted octanol–water partition coefficient (Wildman–Crippen LogP) is 0.436. The number of benzene rings is 1. The zero-order valence-electron chi connectivity index (χ0n) is 12.8. The smallest absolute Gasteiger partial charge is 0.231 e. The normalized spacial score (nSPS) is 16.5. The Balaban J connectivity index is 1.51. The zero-order valence-corrected chi connectivity index (χ0v) is 12.8. The number of amides is 2. The van der Waals surface area contributed by atoms with Gasteiger partial charge in [0.2, 0.25) is 11.8 Å². The SMILES string of the molecule is NC(=O)CN1CCC(NC(=O)Cc2noc3ccccc23)CC1. The second-order valence-corrected chi connectivity index (χ2v) is 5.89. The van der Waals surface area contributed by atoms with Crippen LogP contribution in [0.1, 0.15) is 18.5 Å². The lowest BCUT2D eigenvalue weighted by atomic mass is 10.0. The van der Waals surface area contributed by atoms with Crippen LogP contribution in [0.25, 0.3) is 11.0 Å². The first-order valence-corrected chi connectivity index (χ1v) is 7.75. The number of carbonyl (C=O) groups excluding carboxylic acids is 2. The number of piperidine rings is 1. The summed E-state index contributed by atoms with van der Waals surface area (Å²) in [4.78, 5) is 25.1. The molecule has 3 N–H and O–H groups in total. The molecule has 7 nitrogen and oxygen atoms in total. The molecule has 0 unspecified atom stereocenters. The Kier molecular flexibility index (Phi) is 4.57. The van der Waals surface area contributed by atoms with Gasteiger partial charge < -0.3 is 15.6 Å². The van der Waals surface area contributed by atoms with E-state index in [2.05, 4.69) is 10.5 Å². The maximum absolute atomic E-state index is 12.2. The highest BCUT2D eigenvalue weighted by Crippen LogP contribution is 2.18. The molecule has 0 spiro atoms. The molecular weight excluding hydrogens is 296 g/mol. The Morgan fingerprint density at radius 1 is 1.30 bits per heavy atom. The van der Waals surface area contributed by atoms with Gasteiger partial charge in [0.1, 0.15) is 5.69 Å². The minimum atomic E-state index is -0.314. The lowest BCUT2D eigenvalue weighted by Gasteiger charge is -2.31. The summed E-state index contributed by atoms with van der Waals surface area (Å²) in [5.41, 5.74) is 6.54. The van der Waals surface area contributed by atoms with E-state index < -0.39 is 0 Å². The number of nitrogens with one attached hydrogen (secondary N) is 1. The number of hydrogen-bond donors (Lipinski definition) is 2. The van der Waals surface area contributed by atoms with Crippen LogP contribution in [-0.4, -0.2) is 47.5 Å². The Morgan fingerprint density at radius 3 is 2.78 bits per heavy atom. The van der Waals surface area contributed by atoms with E-state index in [1.165, 1.54) is 0 Å². The summed E-state index contributed by atoms with van der Waals surface area (Å²) in [6, 6.07) is 7.63. The molecule has 3 rings (SSSR count). The first-order valence-electron chi connectivity index (χ1n) is 7.75. The maximum Gasteiger partial charge on any atom is 0.231 e. The summed E-state index contributed by atoms with van der Waals surface area (Å²) in [6.07, 6.45) is 1.84. The number of fused-ring (bicyclic) bond motifs is 1. The molecule has 1 aromatic carbocycles. The number of nitrogens with zero attached hydrogens (tertiary/aromatic N) is 2. The van der Waals surface area contributed by atoms with Crippen LogP contribution in [0.2, 0.25) is 0 Å². The average molecular weight is 316 g/mol. The molecule has 0 saturated carbocycles. The van der Waals surface area contributed by atoms with Gasteiger partial charge in [-0.25, -0.2) is 0 Å². The fourth-order valence-electron chi connectivity index (χ4n) is 2.95. The predicted molar refractivity (Wildman–Crippen MR) is 84.5 cm³/mol. The van der Waals surface area contributed by atoms with Crippen LogP contribution in [0.4, 0.5) is 0 Å². The van der Waals surface area contributed by atoms with Crippen LogP contribution in [0.15, 0.2) is 28.8 Å². The van der Waals surface area contributed by atoms with E-state index in [0.29, 0.717) is 11.3 Å². The quantitative estimate of drug-likeness (QED) is 0.833. The molecule has 1 aliphatic rings. The molecular formula is C16H20N4O3. The molecule has 2 aromatic rings. The lowest BCUT2D eigenvalue weighted by molar-refractivity contribution is -0.122. The number of primary amides is 1. The van der Waals surface area contributed by atoms with Crippen molar-refractivity contribution < 1.29 is 14.1 Å². The highest BCUT2D eigenvalue weighted by atomic mass is 16.5. The van der Waals surface area contributed by atoms with E-state index in [-0.39, 0.29) is 30.8 Å². The lowest BCUT2D eigenvalue weighted by Crippen LogP contribution is -2.47. The standard InChI is InChI=1S/C16H20N4O3/c17-15(21)10-20-7-5-11(6-8-20)18-16(22)9-13-12-3-1-2-4-14(12)23-19-13/h1-4,11H,5-10H2,(H2,17,21)(H,18,22). The maximum atomic E-state index is 12.2. The number of para-hydroxylation sites is 1. The van der Waals surface area contributed by atoms with Crippen LogP contribution in [0, 0.1) is 0 Å². The molecule has 0 radical (unpaired) electrons. The van der Waals surface area contributed by atoms with Crippen LogP contribution < -0.4 is 11.1 Å².